The number of nitrogens with one attached hydrogen (secondary N) is 1. The van der Waals surface area contributed by atoms with Gasteiger partial charge in [0, 0.05) is 6.20 Å². The van der Waals surface area contributed by atoms with Gasteiger partial charge in [0.2, 0.25) is 11.8 Å². The van der Waals surface area contributed by atoms with Crippen LogP contribution in [0.25, 0.3) is 0 Å². The fraction of sp³-hybridized carbons (Fsp3) is 0.462. The number of pyridine rings is 1. The SMILES string of the molecule is CCC1C(=O)NCC(=O)N1C(C)c1ccccn1. The number of piperazine rings is 1. The van der Waals surface area contributed by atoms with Crippen LogP contribution in [-0.4, -0.2) is 34.3 Å². The van der Waals surface area contributed by atoms with Crippen LogP contribution in [0.1, 0.15) is 32.0 Å². The van der Waals surface area contributed by atoms with E-state index in [9.17, 15) is 9.59 Å². The molecule has 0 radical (unpaired) electrons. The van der Waals surface area contributed by atoms with E-state index in [0.29, 0.717) is 6.42 Å². The summed E-state index contributed by atoms with van der Waals surface area (Å²) in [6, 6.07) is 5.00. The van der Waals surface area contributed by atoms with Crippen molar-refractivity contribution in [2.45, 2.75) is 32.4 Å². The van der Waals surface area contributed by atoms with Gasteiger partial charge in [-0.25, -0.2) is 0 Å². The predicted molar refractivity (Wildman–Crippen MR) is 66.6 cm³/mol. The molecule has 0 aromatic carbocycles. The molecule has 18 heavy (non-hydrogen) atoms. The normalized spacial score (nSPS) is 21.7. The van der Waals surface area contributed by atoms with Crippen molar-refractivity contribution in [3.8, 4) is 0 Å². The highest BCUT2D eigenvalue weighted by Gasteiger charge is 2.36. The Hall–Kier alpha value is -1.91. The molecule has 1 aliphatic rings. The second kappa shape index (κ2) is 5.16. The van der Waals surface area contributed by atoms with Crippen molar-refractivity contribution < 1.29 is 9.59 Å². The zero-order chi connectivity index (χ0) is 13.1. The smallest absolute Gasteiger partial charge is 0.243 e. The fourth-order valence-electron chi connectivity index (χ4n) is 2.31. The van der Waals surface area contributed by atoms with Crippen molar-refractivity contribution in [1.29, 1.82) is 0 Å². The van der Waals surface area contributed by atoms with Crippen LogP contribution in [0.4, 0.5) is 0 Å². The van der Waals surface area contributed by atoms with E-state index >= 15 is 0 Å². The van der Waals surface area contributed by atoms with Crippen LogP contribution < -0.4 is 5.32 Å². The zero-order valence-corrected chi connectivity index (χ0v) is 10.6. The van der Waals surface area contributed by atoms with Gasteiger partial charge in [0.15, 0.2) is 0 Å². The van der Waals surface area contributed by atoms with Crippen LogP contribution in [0.15, 0.2) is 24.4 Å². The van der Waals surface area contributed by atoms with E-state index in [1.54, 1.807) is 11.1 Å². The highest BCUT2D eigenvalue weighted by molar-refractivity contribution is 5.95. The molecule has 1 aromatic rings. The maximum absolute atomic E-state index is 12.0. The van der Waals surface area contributed by atoms with E-state index < -0.39 is 6.04 Å². The maximum atomic E-state index is 12.0. The summed E-state index contributed by atoms with van der Waals surface area (Å²) in [6.45, 7) is 3.88. The van der Waals surface area contributed by atoms with Crippen molar-refractivity contribution >= 4 is 11.8 Å². The first kappa shape index (κ1) is 12.5. The van der Waals surface area contributed by atoms with E-state index in [2.05, 4.69) is 10.3 Å². The van der Waals surface area contributed by atoms with Gasteiger partial charge in [0.05, 0.1) is 18.3 Å². The second-order valence-electron chi connectivity index (χ2n) is 4.37. The minimum atomic E-state index is -0.400. The molecule has 2 heterocycles. The second-order valence-corrected chi connectivity index (χ2v) is 4.37. The summed E-state index contributed by atoms with van der Waals surface area (Å²) < 4.78 is 0. The number of carbonyl (C=O) groups excluding carboxylic acids is 2. The van der Waals surface area contributed by atoms with Gasteiger partial charge in [-0.3, -0.25) is 14.6 Å². The first-order chi connectivity index (χ1) is 8.65. The highest BCUT2D eigenvalue weighted by Crippen LogP contribution is 2.24. The van der Waals surface area contributed by atoms with Gasteiger partial charge in [-0.2, -0.15) is 0 Å². The molecule has 1 aromatic heterocycles. The lowest BCUT2D eigenvalue weighted by atomic mass is 10.0. The van der Waals surface area contributed by atoms with Gasteiger partial charge in [0.1, 0.15) is 6.04 Å². The van der Waals surface area contributed by atoms with E-state index in [0.717, 1.165) is 5.69 Å². The predicted octanol–water partition coefficient (Wildman–Crippen LogP) is 0.880. The molecule has 2 amide bonds. The first-order valence-electron chi connectivity index (χ1n) is 6.15. The van der Waals surface area contributed by atoms with Crippen molar-refractivity contribution in [1.82, 2.24) is 15.2 Å². The Balaban J connectivity index is 2.28. The number of carbonyl (C=O) groups is 2. The van der Waals surface area contributed by atoms with Gasteiger partial charge >= 0.3 is 0 Å². The van der Waals surface area contributed by atoms with Crippen LogP contribution in [0.3, 0.4) is 0 Å². The van der Waals surface area contributed by atoms with E-state index in [4.69, 9.17) is 0 Å². The van der Waals surface area contributed by atoms with Crippen molar-refractivity contribution in [3.05, 3.63) is 30.1 Å². The topological polar surface area (TPSA) is 62.3 Å². The number of aromatic nitrogens is 1. The van der Waals surface area contributed by atoms with E-state index in [1.807, 2.05) is 32.0 Å². The maximum Gasteiger partial charge on any atom is 0.243 e. The molecule has 1 saturated heterocycles. The van der Waals surface area contributed by atoms with Crippen LogP contribution in [0.2, 0.25) is 0 Å². The van der Waals surface area contributed by atoms with E-state index in [1.165, 1.54) is 0 Å². The monoisotopic (exact) mass is 247 g/mol. The van der Waals surface area contributed by atoms with Gasteiger partial charge in [0.25, 0.3) is 0 Å². The zero-order valence-electron chi connectivity index (χ0n) is 10.6. The number of hydrogen-bond donors (Lipinski definition) is 1. The van der Waals surface area contributed by atoms with Gasteiger partial charge in [-0.1, -0.05) is 13.0 Å². The number of hydrogen-bond acceptors (Lipinski definition) is 3. The average molecular weight is 247 g/mol. The lowest BCUT2D eigenvalue weighted by Crippen LogP contribution is -2.58. The molecule has 2 rings (SSSR count). The Labute approximate surface area is 106 Å². The number of rotatable bonds is 3. The largest absolute Gasteiger partial charge is 0.345 e. The first-order valence-corrected chi connectivity index (χ1v) is 6.15. The molecule has 0 aliphatic carbocycles. The van der Waals surface area contributed by atoms with Gasteiger partial charge < -0.3 is 10.2 Å². The summed E-state index contributed by atoms with van der Waals surface area (Å²) in [5, 5.41) is 2.62. The van der Waals surface area contributed by atoms with Gasteiger partial charge in [-0.05, 0) is 25.5 Å². The summed E-state index contributed by atoms with van der Waals surface area (Å²) in [6.07, 6.45) is 2.30. The summed E-state index contributed by atoms with van der Waals surface area (Å²) in [5.74, 6) is -0.139. The average Bonchev–Trinajstić information content (AvgIpc) is 2.41. The Bertz CT molecular complexity index is 447. The molecule has 1 N–H and O–H groups in total. The molecular weight excluding hydrogens is 230 g/mol. The third-order valence-corrected chi connectivity index (χ3v) is 3.26. The van der Waals surface area contributed by atoms with Crippen molar-refractivity contribution in [2.75, 3.05) is 6.54 Å². The third kappa shape index (κ3) is 2.20. The summed E-state index contributed by atoms with van der Waals surface area (Å²) >= 11 is 0. The Morgan fingerprint density at radius 3 is 2.89 bits per heavy atom. The number of nitrogens with zero attached hydrogens (tertiary/aromatic N) is 2. The molecule has 5 heteroatoms. The minimum absolute atomic E-state index is 0.0559. The molecule has 96 valence electrons. The summed E-state index contributed by atoms with van der Waals surface area (Å²) in [7, 11) is 0. The highest BCUT2D eigenvalue weighted by atomic mass is 16.2. The molecule has 0 bridgehead atoms. The molecule has 2 atom stereocenters. The minimum Gasteiger partial charge on any atom is -0.345 e. The Kier molecular flexibility index (Phi) is 3.60. The van der Waals surface area contributed by atoms with Crippen molar-refractivity contribution in [3.63, 3.8) is 0 Å². The molecule has 2 unspecified atom stereocenters. The molecule has 5 nitrogen and oxygen atoms in total. The Morgan fingerprint density at radius 1 is 1.50 bits per heavy atom. The quantitative estimate of drug-likeness (QED) is 0.862. The lowest BCUT2D eigenvalue weighted by Gasteiger charge is -2.38. The van der Waals surface area contributed by atoms with Crippen LogP contribution in [0, 0.1) is 0 Å². The molecule has 1 aliphatic heterocycles. The van der Waals surface area contributed by atoms with E-state index in [-0.39, 0.29) is 24.4 Å². The van der Waals surface area contributed by atoms with Crippen LogP contribution in [-0.2, 0) is 9.59 Å². The fourth-order valence-corrected chi connectivity index (χ4v) is 2.31. The molecule has 0 spiro atoms. The Morgan fingerprint density at radius 2 is 2.28 bits per heavy atom. The summed E-state index contributed by atoms with van der Waals surface area (Å²) in [4.78, 5) is 29.7. The standard InChI is InChI=1S/C13H17N3O2/c1-3-11-13(18)15-8-12(17)16(11)9(2)10-6-4-5-7-14-10/h4-7,9,11H,3,8H2,1-2H3,(H,15,18). The molecular formula is C13H17N3O2. The molecule has 1 fully saturated rings. The van der Waals surface area contributed by atoms with Crippen LogP contribution >= 0.6 is 0 Å². The molecule has 0 saturated carbocycles. The number of amides is 2. The van der Waals surface area contributed by atoms with Crippen molar-refractivity contribution in [2.24, 2.45) is 0 Å². The lowest BCUT2D eigenvalue weighted by molar-refractivity contribution is -0.148. The third-order valence-electron chi connectivity index (χ3n) is 3.26. The van der Waals surface area contributed by atoms with Crippen LogP contribution in [0.5, 0.6) is 0 Å². The van der Waals surface area contributed by atoms with Gasteiger partial charge in [-0.15, -0.1) is 0 Å². The summed E-state index contributed by atoms with van der Waals surface area (Å²) in [5.41, 5.74) is 0.805.